The van der Waals surface area contributed by atoms with Gasteiger partial charge in [0.05, 0.1) is 6.61 Å². The van der Waals surface area contributed by atoms with Gasteiger partial charge in [0, 0.05) is 32.2 Å². The van der Waals surface area contributed by atoms with Gasteiger partial charge in [-0.2, -0.15) is 0 Å². The minimum atomic E-state index is -0.0481. The average molecular weight is 219 g/mol. The second-order valence-electron chi connectivity index (χ2n) is 3.50. The molecule has 0 aliphatic rings. The van der Waals surface area contributed by atoms with Crippen LogP contribution in [0.2, 0.25) is 0 Å². The molecule has 0 aromatic heterocycles. The normalized spacial score (nSPS) is 16.3. The van der Waals surface area contributed by atoms with Crippen LogP contribution in [0, 0.1) is 5.92 Å². The Labute approximate surface area is 90.1 Å². The van der Waals surface area contributed by atoms with Crippen molar-refractivity contribution in [3.05, 3.63) is 0 Å². The molecule has 0 bridgehead atoms. The first kappa shape index (κ1) is 14.2. The molecule has 0 amide bonds. The minimum absolute atomic E-state index is 0.0481. The zero-order chi connectivity index (χ0) is 11.7. The summed E-state index contributed by atoms with van der Waals surface area (Å²) in [6.07, 6.45) is 0.622. The third kappa shape index (κ3) is 6.27. The summed E-state index contributed by atoms with van der Waals surface area (Å²) in [4.78, 5) is 0. The monoisotopic (exact) mass is 219 g/mol. The average Bonchev–Trinajstić information content (AvgIpc) is 2.25. The number of rotatable bonds is 8. The van der Waals surface area contributed by atoms with E-state index in [1.54, 1.807) is 7.11 Å². The van der Waals surface area contributed by atoms with Crippen molar-refractivity contribution in [1.29, 1.82) is 0 Å². The summed E-state index contributed by atoms with van der Waals surface area (Å²) >= 11 is 0. The first-order chi connectivity index (χ1) is 7.15. The molecule has 6 heteroatoms. The number of nitrogens with zero attached hydrogens (tertiary/aromatic N) is 1. The minimum Gasteiger partial charge on any atom is -0.409 e. The lowest BCUT2D eigenvalue weighted by molar-refractivity contribution is 0.148. The van der Waals surface area contributed by atoms with E-state index in [4.69, 9.17) is 20.8 Å². The summed E-state index contributed by atoms with van der Waals surface area (Å²) < 4.78 is 4.99. The molecule has 15 heavy (non-hydrogen) atoms. The van der Waals surface area contributed by atoms with E-state index in [0.29, 0.717) is 19.6 Å². The molecule has 5 N–H and O–H groups in total. The largest absolute Gasteiger partial charge is 0.409 e. The molecule has 0 heterocycles. The fourth-order valence-corrected chi connectivity index (χ4v) is 1.15. The van der Waals surface area contributed by atoms with Crippen molar-refractivity contribution >= 4 is 5.84 Å². The Bertz CT molecular complexity index is 181. The van der Waals surface area contributed by atoms with Crippen LogP contribution in [0.25, 0.3) is 0 Å². The van der Waals surface area contributed by atoms with E-state index in [2.05, 4.69) is 10.5 Å². The fourth-order valence-electron chi connectivity index (χ4n) is 1.15. The molecule has 0 aromatic carbocycles. The molecule has 0 saturated heterocycles. The van der Waals surface area contributed by atoms with Crippen LogP contribution in [0.4, 0.5) is 0 Å². The molecule has 0 aliphatic carbocycles. The van der Waals surface area contributed by atoms with Crippen LogP contribution in [0.1, 0.15) is 13.3 Å². The lowest BCUT2D eigenvalue weighted by atomic mass is 10.1. The molecular formula is C9H21N3O3. The summed E-state index contributed by atoms with van der Waals surface area (Å²) in [6.45, 7) is 3.08. The third-order valence-corrected chi connectivity index (χ3v) is 2.18. The molecule has 2 unspecified atom stereocenters. The van der Waals surface area contributed by atoms with Gasteiger partial charge in [0.25, 0.3) is 0 Å². The first-order valence-electron chi connectivity index (χ1n) is 4.96. The molecule has 2 atom stereocenters. The van der Waals surface area contributed by atoms with Crippen molar-refractivity contribution in [2.75, 3.05) is 26.9 Å². The highest BCUT2D eigenvalue weighted by molar-refractivity contribution is 5.82. The van der Waals surface area contributed by atoms with E-state index in [0.717, 1.165) is 0 Å². The van der Waals surface area contributed by atoms with Crippen LogP contribution in [0.5, 0.6) is 0 Å². The highest BCUT2D eigenvalue weighted by Gasteiger charge is 2.11. The Hall–Kier alpha value is -0.850. The van der Waals surface area contributed by atoms with Crippen LogP contribution in [0.15, 0.2) is 5.16 Å². The fraction of sp³-hybridized carbons (Fsp3) is 0.889. The second kappa shape index (κ2) is 8.46. The maximum atomic E-state index is 8.80. The molecular weight excluding hydrogens is 198 g/mol. The smallest absolute Gasteiger partial charge is 0.143 e. The predicted octanol–water partition coefficient (Wildman–Crippen LogP) is -0.644. The number of ether oxygens (including phenoxy) is 1. The zero-order valence-corrected chi connectivity index (χ0v) is 9.31. The maximum Gasteiger partial charge on any atom is 0.143 e. The molecule has 0 spiro atoms. The number of amidine groups is 1. The van der Waals surface area contributed by atoms with Gasteiger partial charge in [0.15, 0.2) is 0 Å². The zero-order valence-electron chi connectivity index (χ0n) is 9.31. The van der Waals surface area contributed by atoms with Gasteiger partial charge in [-0.1, -0.05) is 12.1 Å². The molecule has 0 radical (unpaired) electrons. The Morgan fingerprint density at radius 1 is 1.60 bits per heavy atom. The summed E-state index contributed by atoms with van der Waals surface area (Å²) in [5.41, 5.74) is 5.43. The highest BCUT2D eigenvalue weighted by atomic mass is 16.5. The third-order valence-electron chi connectivity index (χ3n) is 2.18. The Kier molecular flexibility index (Phi) is 7.98. The number of aliphatic hydroxyl groups is 1. The molecule has 0 rings (SSSR count). The molecule has 0 aromatic rings. The van der Waals surface area contributed by atoms with E-state index >= 15 is 0 Å². The lowest BCUT2D eigenvalue weighted by Crippen LogP contribution is -2.40. The number of hydrogen-bond donors (Lipinski definition) is 4. The van der Waals surface area contributed by atoms with Gasteiger partial charge in [0.1, 0.15) is 5.84 Å². The quantitative estimate of drug-likeness (QED) is 0.188. The SMILES string of the molecule is COCC(CCO)NCC(C)C(N)=NO. The Balaban J connectivity index is 3.87. The number of nitrogens with one attached hydrogen (secondary N) is 1. The summed E-state index contributed by atoms with van der Waals surface area (Å²) in [6, 6.07) is 0.0916. The Morgan fingerprint density at radius 3 is 2.73 bits per heavy atom. The summed E-state index contributed by atoms with van der Waals surface area (Å²) in [5, 5.41) is 23.4. The number of oxime groups is 1. The van der Waals surface area contributed by atoms with Gasteiger partial charge < -0.3 is 26.1 Å². The summed E-state index contributed by atoms with van der Waals surface area (Å²) in [7, 11) is 1.61. The number of methoxy groups -OCH3 is 1. The van der Waals surface area contributed by atoms with Crippen molar-refractivity contribution in [3.63, 3.8) is 0 Å². The molecule has 90 valence electrons. The Morgan fingerprint density at radius 2 is 2.27 bits per heavy atom. The van der Waals surface area contributed by atoms with E-state index in [9.17, 15) is 0 Å². The maximum absolute atomic E-state index is 8.80. The van der Waals surface area contributed by atoms with Crippen molar-refractivity contribution in [2.45, 2.75) is 19.4 Å². The van der Waals surface area contributed by atoms with Crippen molar-refractivity contribution in [2.24, 2.45) is 16.8 Å². The topological polar surface area (TPSA) is 100 Å². The van der Waals surface area contributed by atoms with Gasteiger partial charge >= 0.3 is 0 Å². The van der Waals surface area contributed by atoms with E-state index < -0.39 is 0 Å². The summed E-state index contributed by atoms with van der Waals surface area (Å²) in [5.74, 6) is 0.149. The van der Waals surface area contributed by atoms with Crippen LogP contribution in [-0.2, 0) is 4.74 Å². The van der Waals surface area contributed by atoms with Crippen molar-refractivity contribution in [3.8, 4) is 0 Å². The van der Waals surface area contributed by atoms with Gasteiger partial charge in [0.2, 0.25) is 0 Å². The number of aliphatic hydroxyl groups excluding tert-OH is 1. The van der Waals surface area contributed by atoms with E-state index in [1.165, 1.54) is 0 Å². The van der Waals surface area contributed by atoms with Crippen LogP contribution in [-0.4, -0.2) is 49.1 Å². The van der Waals surface area contributed by atoms with E-state index in [1.807, 2.05) is 6.92 Å². The number of nitrogens with two attached hydrogens (primary N) is 1. The number of hydrogen-bond acceptors (Lipinski definition) is 5. The van der Waals surface area contributed by atoms with Gasteiger partial charge in [-0.05, 0) is 6.42 Å². The molecule has 0 saturated carbocycles. The standard InChI is InChI=1S/C9H21N3O3/c1-7(9(10)12-14)5-11-8(3-4-13)6-15-2/h7-8,11,13-14H,3-6H2,1-2H3,(H2,10,12). The predicted molar refractivity (Wildman–Crippen MR) is 57.9 cm³/mol. The molecule has 6 nitrogen and oxygen atoms in total. The first-order valence-corrected chi connectivity index (χ1v) is 4.96. The van der Waals surface area contributed by atoms with E-state index in [-0.39, 0.29) is 24.4 Å². The highest BCUT2D eigenvalue weighted by Crippen LogP contribution is 1.97. The molecule has 0 fully saturated rings. The van der Waals surface area contributed by atoms with Crippen molar-refractivity contribution < 1.29 is 15.1 Å². The van der Waals surface area contributed by atoms with Gasteiger partial charge in [-0.25, -0.2) is 0 Å². The second-order valence-corrected chi connectivity index (χ2v) is 3.50. The van der Waals surface area contributed by atoms with Gasteiger partial charge in [-0.3, -0.25) is 0 Å². The van der Waals surface area contributed by atoms with Crippen LogP contribution < -0.4 is 11.1 Å². The molecule has 0 aliphatic heterocycles. The van der Waals surface area contributed by atoms with Crippen LogP contribution in [0.3, 0.4) is 0 Å². The lowest BCUT2D eigenvalue weighted by Gasteiger charge is -2.19. The van der Waals surface area contributed by atoms with Crippen LogP contribution >= 0.6 is 0 Å². The van der Waals surface area contributed by atoms with Gasteiger partial charge in [-0.15, -0.1) is 0 Å². The van der Waals surface area contributed by atoms with Crippen molar-refractivity contribution in [1.82, 2.24) is 5.32 Å².